The number of methoxy groups -OCH3 is 2. The van der Waals surface area contributed by atoms with E-state index in [1.54, 1.807) is 33.3 Å². The van der Waals surface area contributed by atoms with Gasteiger partial charge >= 0.3 is 0 Å². The minimum atomic E-state index is -1.41. The largest absolute Gasteiger partial charge is 0.493 e. The topological polar surface area (TPSA) is 90.7 Å². The third-order valence-corrected chi connectivity index (χ3v) is 7.00. The zero-order chi connectivity index (χ0) is 23.4. The number of aryl methyl sites for hydroxylation is 2. The summed E-state index contributed by atoms with van der Waals surface area (Å²) in [5.41, 5.74) is 3.74. The Morgan fingerprint density at radius 1 is 1.18 bits per heavy atom. The van der Waals surface area contributed by atoms with Crippen molar-refractivity contribution in [3.05, 3.63) is 65.0 Å². The molecule has 0 saturated heterocycles. The maximum absolute atomic E-state index is 12.7. The molecule has 0 bridgehead atoms. The highest BCUT2D eigenvalue weighted by Crippen LogP contribution is 2.33. The van der Waals surface area contributed by atoms with Crippen molar-refractivity contribution in [2.45, 2.75) is 38.0 Å². The Balaban J connectivity index is 1.39. The van der Waals surface area contributed by atoms with Gasteiger partial charge < -0.3 is 19.2 Å². The molecule has 0 aliphatic heterocycles. The number of benzene rings is 2. The molecule has 1 heterocycles. The van der Waals surface area contributed by atoms with Crippen molar-refractivity contribution in [3.8, 4) is 23.0 Å². The van der Waals surface area contributed by atoms with Crippen molar-refractivity contribution < 1.29 is 22.9 Å². The molecule has 174 valence electrons. The first-order chi connectivity index (χ1) is 16.0. The summed E-state index contributed by atoms with van der Waals surface area (Å²) in [5, 5.41) is 3.06. The number of nitrogens with one attached hydrogen (secondary N) is 1. The minimum Gasteiger partial charge on any atom is -0.493 e. The van der Waals surface area contributed by atoms with Crippen LogP contribution in [0.25, 0.3) is 11.5 Å². The van der Waals surface area contributed by atoms with E-state index in [9.17, 15) is 9.00 Å². The van der Waals surface area contributed by atoms with Gasteiger partial charge in [-0.15, -0.1) is 0 Å². The van der Waals surface area contributed by atoms with Crippen molar-refractivity contribution in [2.24, 2.45) is 0 Å². The number of carbonyl (C=O) groups is 1. The number of hydrogen-bond donors (Lipinski definition) is 1. The number of carbonyl (C=O) groups excluding carboxylic acids is 1. The second-order valence-corrected chi connectivity index (χ2v) is 9.49. The molecule has 1 amide bonds. The number of nitrogens with zero attached hydrogens (tertiary/aromatic N) is 1. The number of rotatable bonds is 8. The van der Waals surface area contributed by atoms with Crippen LogP contribution in [0.1, 0.15) is 41.5 Å². The molecule has 4 rings (SSSR count). The average Bonchev–Trinajstić information content (AvgIpc) is 3.18. The van der Waals surface area contributed by atoms with Crippen LogP contribution < -0.4 is 14.8 Å². The summed E-state index contributed by atoms with van der Waals surface area (Å²) in [5.74, 6) is 2.03. The number of oxazole rings is 1. The van der Waals surface area contributed by atoms with Gasteiger partial charge in [0.1, 0.15) is 11.5 Å². The monoisotopic (exact) mass is 468 g/mol. The van der Waals surface area contributed by atoms with E-state index in [-0.39, 0.29) is 23.5 Å². The van der Waals surface area contributed by atoms with E-state index in [0.29, 0.717) is 28.8 Å². The van der Waals surface area contributed by atoms with Crippen molar-refractivity contribution in [3.63, 3.8) is 0 Å². The number of fused-ring (bicyclic) bond motifs is 1. The second kappa shape index (κ2) is 10.2. The number of hydrogen-bond acceptors (Lipinski definition) is 6. The van der Waals surface area contributed by atoms with Crippen molar-refractivity contribution in [1.29, 1.82) is 0 Å². The summed E-state index contributed by atoms with van der Waals surface area (Å²) in [4.78, 5) is 17.1. The lowest BCUT2D eigenvalue weighted by atomic mass is 9.88. The van der Waals surface area contributed by atoms with E-state index in [4.69, 9.17) is 13.9 Å². The van der Waals surface area contributed by atoms with Crippen LogP contribution in [-0.2, 0) is 27.8 Å². The van der Waals surface area contributed by atoms with Crippen LogP contribution in [0.5, 0.6) is 11.5 Å². The Hall–Kier alpha value is -3.13. The van der Waals surface area contributed by atoms with Gasteiger partial charge in [0.2, 0.25) is 11.8 Å². The zero-order valence-corrected chi connectivity index (χ0v) is 19.9. The lowest BCUT2D eigenvalue weighted by molar-refractivity contribution is -0.119. The molecule has 0 spiro atoms. The Morgan fingerprint density at radius 2 is 1.97 bits per heavy atom. The van der Waals surface area contributed by atoms with Gasteiger partial charge in [-0.1, -0.05) is 24.3 Å². The second-order valence-electron chi connectivity index (χ2n) is 8.03. The summed E-state index contributed by atoms with van der Waals surface area (Å²) in [6, 6.07) is 13.5. The Bertz CT molecular complexity index is 1170. The zero-order valence-electron chi connectivity index (χ0n) is 19.1. The number of amides is 1. The maximum atomic E-state index is 12.7. The Labute approximate surface area is 196 Å². The van der Waals surface area contributed by atoms with Gasteiger partial charge in [-0.25, -0.2) is 4.98 Å². The third kappa shape index (κ3) is 5.27. The SMILES string of the molecule is COc1ccc(-c2nc(C[S@](=O)CC(=O)N[C@@H]3CCCc4ccccc43)c(C)o2)cc1OC. The molecule has 2 atom stereocenters. The average molecular weight is 469 g/mol. The van der Waals surface area contributed by atoms with E-state index in [1.165, 1.54) is 5.56 Å². The molecule has 1 aromatic heterocycles. The smallest absolute Gasteiger partial charge is 0.233 e. The maximum Gasteiger partial charge on any atom is 0.233 e. The fourth-order valence-corrected chi connectivity index (χ4v) is 5.19. The third-order valence-electron chi connectivity index (χ3n) is 5.82. The molecular formula is C25H28N2O5S. The highest BCUT2D eigenvalue weighted by molar-refractivity contribution is 7.84. The molecule has 33 heavy (non-hydrogen) atoms. The summed E-state index contributed by atoms with van der Waals surface area (Å²) in [7, 11) is 1.73. The fraction of sp³-hybridized carbons (Fsp3) is 0.360. The first-order valence-corrected chi connectivity index (χ1v) is 12.4. The van der Waals surface area contributed by atoms with Gasteiger partial charge in [0.25, 0.3) is 0 Å². The number of aromatic nitrogens is 1. The van der Waals surface area contributed by atoms with Gasteiger partial charge in [0.05, 0.1) is 31.7 Å². The predicted octanol–water partition coefficient (Wildman–Crippen LogP) is 4.11. The summed E-state index contributed by atoms with van der Waals surface area (Å²) in [6.45, 7) is 1.78. The van der Waals surface area contributed by atoms with Crippen LogP contribution in [0.15, 0.2) is 46.9 Å². The normalized spacial score (nSPS) is 16.0. The van der Waals surface area contributed by atoms with Crippen LogP contribution in [0.2, 0.25) is 0 Å². The molecule has 0 unspecified atom stereocenters. The van der Waals surface area contributed by atoms with Crippen LogP contribution in [0.3, 0.4) is 0 Å². The van der Waals surface area contributed by atoms with Gasteiger partial charge in [0, 0.05) is 16.4 Å². The molecule has 8 heteroatoms. The Morgan fingerprint density at radius 3 is 2.76 bits per heavy atom. The van der Waals surface area contributed by atoms with E-state index >= 15 is 0 Å². The molecule has 1 N–H and O–H groups in total. The highest BCUT2D eigenvalue weighted by Gasteiger charge is 2.23. The van der Waals surface area contributed by atoms with Crippen LogP contribution in [-0.4, -0.2) is 35.1 Å². The molecule has 0 radical (unpaired) electrons. The lowest BCUT2D eigenvalue weighted by Gasteiger charge is -2.26. The van der Waals surface area contributed by atoms with E-state index in [2.05, 4.69) is 22.4 Å². The minimum absolute atomic E-state index is 0.0232. The van der Waals surface area contributed by atoms with Crippen LogP contribution >= 0.6 is 0 Å². The highest BCUT2D eigenvalue weighted by atomic mass is 32.2. The molecule has 0 fully saturated rings. The molecule has 3 aromatic rings. The van der Waals surface area contributed by atoms with Crippen LogP contribution in [0.4, 0.5) is 0 Å². The summed E-state index contributed by atoms with van der Waals surface area (Å²) >= 11 is 0. The Kier molecular flexibility index (Phi) is 7.13. The first-order valence-electron chi connectivity index (χ1n) is 10.9. The van der Waals surface area contributed by atoms with Crippen LogP contribution in [0, 0.1) is 6.92 Å². The molecule has 0 saturated carbocycles. The van der Waals surface area contributed by atoms with Gasteiger partial charge in [0.15, 0.2) is 11.5 Å². The van der Waals surface area contributed by atoms with Gasteiger partial charge in [-0.2, -0.15) is 0 Å². The van der Waals surface area contributed by atoms with Crippen molar-refractivity contribution >= 4 is 16.7 Å². The van der Waals surface area contributed by atoms with Crippen molar-refractivity contribution in [1.82, 2.24) is 10.3 Å². The fourth-order valence-electron chi connectivity index (χ4n) is 4.14. The first kappa shape index (κ1) is 23.0. The summed E-state index contributed by atoms with van der Waals surface area (Å²) in [6.07, 6.45) is 2.96. The lowest BCUT2D eigenvalue weighted by Crippen LogP contribution is -2.34. The van der Waals surface area contributed by atoms with Gasteiger partial charge in [-0.3, -0.25) is 9.00 Å². The van der Waals surface area contributed by atoms with Crippen molar-refractivity contribution in [2.75, 3.05) is 20.0 Å². The quantitative estimate of drug-likeness (QED) is 0.535. The predicted molar refractivity (Wildman–Crippen MR) is 127 cm³/mol. The van der Waals surface area contributed by atoms with E-state index < -0.39 is 10.8 Å². The summed E-state index contributed by atoms with van der Waals surface area (Å²) < 4.78 is 29.1. The molecular weight excluding hydrogens is 440 g/mol. The van der Waals surface area contributed by atoms with E-state index in [0.717, 1.165) is 30.4 Å². The van der Waals surface area contributed by atoms with Gasteiger partial charge in [-0.05, 0) is 55.5 Å². The molecule has 1 aliphatic rings. The molecule has 2 aromatic carbocycles. The standard InChI is InChI=1S/C25H28N2O5S/c1-16-21(27-25(32-16)18-11-12-22(30-2)23(13-18)31-3)14-33(29)15-24(28)26-20-10-6-8-17-7-4-5-9-19(17)20/h4-5,7,9,11-13,20H,6,8,10,14-15H2,1-3H3,(H,26,28)/t20-,33+/m1/s1. The number of ether oxygens (including phenoxy) is 2. The van der Waals surface area contributed by atoms with E-state index in [1.807, 2.05) is 18.2 Å². The molecule has 1 aliphatic carbocycles. The molecule has 7 nitrogen and oxygen atoms in total.